The van der Waals surface area contributed by atoms with Crippen LogP contribution in [0.4, 0.5) is 4.79 Å². The van der Waals surface area contributed by atoms with E-state index in [4.69, 9.17) is 9.57 Å². The van der Waals surface area contributed by atoms with Crippen LogP contribution in [-0.2, 0) is 11.3 Å². The smallest absolute Gasteiger partial charge is 0.341 e. The van der Waals surface area contributed by atoms with Gasteiger partial charge in [0, 0.05) is 49.8 Å². The first kappa shape index (κ1) is 18.9. The highest BCUT2D eigenvalue weighted by molar-refractivity contribution is 5.73. The average Bonchev–Trinajstić information content (AvgIpc) is 3.37. The molecule has 0 atom stereocenters. The number of pyridine rings is 1. The number of hydrogen-bond acceptors (Lipinski definition) is 4. The highest BCUT2D eigenvalue weighted by Crippen LogP contribution is 2.42. The summed E-state index contributed by atoms with van der Waals surface area (Å²) in [4.78, 5) is 18.9. The van der Waals surface area contributed by atoms with E-state index in [1.807, 2.05) is 23.7 Å². The molecule has 0 bridgehead atoms. The molecule has 0 radical (unpaired) electrons. The molecule has 30 heavy (non-hydrogen) atoms. The lowest BCUT2D eigenvalue weighted by atomic mass is 9.86. The van der Waals surface area contributed by atoms with Gasteiger partial charge >= 0.3 is 6.03 Å². The zero-order chi connectivity index (χ0) is 20.7. The lowest BCUT2D eigenvalue weighted by Gasteiger charge is -2.38. The van der Waals surface area contributed by atoms with Crippen LogP contribution in [0.1, 0.15) is 31.0 Å². The average molecular weight is 406 g/mol. The zero-order valence-electron chi connectivity index (χ0n) is 17.4. The van der Waals surface area contributed by atoms with Gasteiger partial charge in [-0.15, -0.1) is 0 Å². The van der Waals surface area contributed by atoms with Gasteiger partial charge in [0.2, 0.25) is 0 Å². The number of carbonyl (C=O) groups excluding carboxylic acids is 1. The number of urea groups is 1. The lowest BCUT2D eigenvalue weighted by molar-refractivity contribution is 0.0137. The quantitative estimate of drug-likeness (QED) is 0.673. The van der Waals surface area contributed by atoms with Gasteiger partial charge in [0.25, 0.3) is 0 Å². The minimum Gasteiger partial charge on any atom is -0.487 e. The third-order valence-electron chi connectivity index (χ3n) is 6.28. The number of hydrogen-bond donors (Lipinski definition) is 1. The topological polar surface area (TPSA) is 68.1 Å². The van der Waals surface area contributed by atoms with Crippen molar-refractivity contribution in [2.45, 2.75) is 38.7 Å². The first-order chi connectivity index (χ1) is 14.6. The van der Waals surface area contributed by atoms with E-state index in [9.17, 15) is 4.79 Å². The van der Waals surface area contributed by atoms with Gasteiger partial charge < -0.3 is 9.64 Å². The second-order valence-corrected chi connectivity index (χ2v) is 8.11. The maximum Gasteiger partial charge on any atom is 0.341 e. The lowest BCUT2D eigenvalue weighted by Crippen LogP contribution is -2.51. The van der Waals surface area contributed by atoms with E-state index in [-0.39, 0.29) is 11.6 Å². The van der Waals surface area contributed by atoms with Crippen molar-refractivity contribution < 1.29 is 14.4 Å². The molecule has 7 nitrogen and oxygen atoms in total. The molecule has 1 saturated heterocycles. The van der Waals surface area contributed by atoms with Crippen molar-refractivity contribution in [3.05, 3.63) is 53.9 Å². The maximum atomic E-state index is 12.1. The Bertz CT molecular complexity index is 1100. The van der Waals surface area contributed by atoms with Crippen LogP contribution in [0, 0.1) is 6.92 Å². The Kier molecular flexibility index (Phi) is 4.62. The van der Waals surface area contributed by atoms with E-state index in [1.54, 1.807) is 4.90 Å². The number of nitrogens with one attached hydrogen (secondary N) is 1. The number of rotatable bonds is 3. The van der Waals surface area contributed by atoms with E-state index < -0.39 is 0 Å². The standard InChI is InChI=1S/C23H26N4O3/c1-3-29-25-22(28)26-12-9-23(10-13-26)15-18-14-17(4-7-21(18)30-23)20-6-5-19-8-11-24-27(19)16(20)2/h4-8,11,14H,3,9-10,12-13,15H2,1-2H3,(H,25,28). The second-order valence-electron chi connectivity index (χ2n) is 8.11. The van der Waals surface area contributed by atoms with Crippen LogP contribution in [0.5, 0.6) is 5.75 Å². The van der Waals surface area contributed by atoms with Crippen LogP contribution < -0.4 is 10.2 Å². The van der Waals surface area contributed by atoms with Gasteiger partial charge in [-0.05, 0) is 49.2 Å². The summed E-state index contributed by atoms with van der Waals surface area (Å²) in [5, 5.41) is 4.43. The van der Waals surface area contributed by atoms with Gasteiger partial charge in [0.1, 0.15) is 11.4 Å². The Labute approximate surface area is 175 Å². The van der Waals surface area contributed by atoms with Crippen molar-refractivity contribution in [2.24, 2.45) is 0 Å². The predicted molar refractivity (Wildman–Crippen MR) is 113 cm³/mol. The molecule has 3 aromatic rings. The maximum absolute atomic E-state index is 12.1. The second kappa shape index (κ2) is 7.32. The molecule has 2 aromatic heterocycles. The zero-order valence-corrected chi connectivity index (χ0v) is 17.4. The molecule has 1 N–H and O–H groups in total. The fourth-order valence-corrected chi connectivity index (χ4v) is 4.62. The molecule has 0 aliphatic carbocycles. The molecule has 0 unspecified atom stereocenters. The molecule has 0 saturated carbocycles. The molecular formula is C23H26N4O3. The van der Waals surface area contributed by atoms with Crippen LogP contribution in [0.2, 0.25) is 0 Å². The highest BCUT2D eigenvalue weighted by Gasteiger charge is 2.43. The number of benzene rings is 1. The third-order valence-corrected chi connectivity index (χ3v) is 6.28. The van der Waals surface area contributed by atoms with Crippen LogP contribution in [-0.4, -0.2) is 45.8 Å². The van der Waals surface area contributed by atoms with Crippen LogP contribution in [0.3, 0.4) is 0 Å². The van der Waals surface area contributed by atoms with Crippen LogP contribution in [0.15, 0.2) is 42.6 Å². The van der Waals surface area contributed by atoms with Gasteiger partial charge in [-0.1, -0.05) is 12.1 Å². The summed E-state index contributed by atoms with van der Waals surface area (Å²) in [5.41, 5.74) is 8.08. The van der Waals surface area contributed by atoms with Crippen molar-refractivity contribution in [2.75, 3.05) is 19.7 Å². The predicted octanol–water partition coefficient (Wildman–Crippen LogP) is 3.74. The summed E-state index contributed by atoms with van der Waals surface area (Å²) in [6.07, 6.45) is 4.33. The molecule has 7 heteroatoms. The number of hydroxylamine groups is 1. The normalized spacial score (nSPS) is 17.2. The van der Waals surface area contributed by atoms with Crippen molar-refractivity contribution in [3.63, 3.8) is 0 Å². The fourth-order valence-electron chi connectivity index (χ4n) is 4.62. The minimum atomic E-state index is -0.218. The molecule has 4 heterocycles. The van der Waals surface area contributed by atoms with E-state index in [1.165, 1.54) is 16.7 Å². The Hall–Kier alpha value is -3.06. The van der Waals surface area contributed by atoms with Crippen LogP contribution in [0.25, 0.3) is 16.6 Å². The number of piperidine rings is 1. The van der Waals surface area contributed by atoms with E-state index >= 15 is 0 Å². The number of ether oxygens (including phenoxy) is 1. The summed E-state index contributed by atoms with van der Waals surface area (Å²) >= 11 is 0. The summed E-state index contributed by atoms with van der Waals surface area (Å²) in [5.74, 6) is 0.962. The first-order valence-corrected chi connectivity index (χ1v) is 10.5. The molecule has 1 aromatic carbocycles. The van der Waals surface area contributed by atoms with Gasteiger partial charge in [0.15, 0.2) is 0 Å². The molecule has 156 valence electrons. The fraction of sp³-hybridized carbons (Fsp3) is 0.391. The molecule has 2 aliphatic heterocycles. The third kappa shape index (κ3) is 3.19. The Morgan fingerprint density at radius 2 is 2.07 bits per heavy atom. The Morgan fingerprint density at radius 3 is 2.87 bits per heavy atom. The van der Waals surface area contributed by atoms with Crippen molar-refractivity contribution in [1.29, 1.82) is 0 Å². The molecule has 1 spiro atoms. The number of likely N-dealkylation sites (tertiary alicyclic amines) is 1. The highest BCUT2D eigenvalue weighted by atomic mass is 16.7. The molecule has 1 fully saturated rings. The van der Waals surface area contributed by atoms with Crippen molar-refractivity contribution >= 4 is 11.5 Å². The van der Waals surface area contributed by atoms with Gasteiger partial charge in [-0.2, -0.15) is 5.10 Å². The van der Waals surface area contributed by atoms with Gasteiger partial charge in [-0.3, -0.25) is 4.84 Å². The summed E-state index contributed by atoms with van der Waals surface area (Å²) in [7, 11) is 0. The van der Waals surface area contributed by atoms with E-state index in [0.717, 1.165) is 36.2 Å². The monoisotopic (exact) mass is 406 g/mol. The SMILES string of the molecule is CCONC(=O)N1CCC2(CC1)Cc1cc(-c3ccc4ccnn4c3C)ccc1O2. The van der Waals surface area contributed by atoms with Crippen molar-refractivity contribution in [3.8, 4) is 16.9 Å². The van der Waals surface area contributed by atoms with E-state index in [0.29, 0.717) is 19.7 Å². The number of aryl methyl sites for hydroxylation is 1. The summed E-state index contributed by atoms with van der Waals surface area (Å²) in [6, 6.07) is 12.6. The van der Waals surface area contributed by atoms with Gasteiger partial charge in [-0.25, -0.2) is 14.8 Å². The largest absolute Gasteiger partial charge is 0.487 e. The molecular weight excluding hydrogens is 380 g/mol. The summed E-state index contributed by atoms with van der Waals surface area (Å²) < 4.78 is 8.39. The number of carbonyl (C=O) groups is 1. The number of fused-ring (bicyclic) bond motifs is 2. The van der Waals surface area contributed by atoms with Crippen molar-refractivity contribution in [1.82, 2.24) is 20.0 Å². The number of aromatic nitrogens is 2. The summed E-state index contributed by atoms with van der Waals surface area (Å²) in [6.45, 7) is 5.72. The molecule has 5 rings (SSSR count). The first-order valence-electron chi connectivity index (χ1n) is 10.5. The van der Waals surface area contributed by atoms with Crippen LogP contribution >= 0.6 is 0 Å². The molecule has 2 amide bonds. The molecule has 2 aliphatic rings. The Balaban J connectivity index is 1.33. The van der Waals surface area contributed by atoms with Gasteiger partial charge in [0.05, 0.1) is 12.1 Å². The Morgan fingerprint density at radius 1 is 1.23 bits per heavy atom. The van der Waals surface area contributed by atoms with E-state index in [2.05, 4.69) is 47.8 Å². The number of amides is 2. The minimum absolute atomic E-state index is 0.172. The number of nitrogens with zero attached hydrogens (tertiary/aromatic N) is 3.